The van der Waals surface area contributed by atoms with E-state index in [0.717, 1.165) is 23.5 Å². The van der Waals surface area contributed by atoms with Gasteiger partial charge < -0.3 is 20.6 Å². The monoisotopic (exact) mass is 283 g/mol. The van der Waals surface area contributed by atoms with Gasteiger partial charge in [-0.2, -0.15) is 0 Å². The lowest BCUT2D eigenvalue weighted by Crippen LogP contribution is -2.26. The Hall–Kier alpha value is -1.30. The van der Waals surface area contributed by atoms with Crippen molar-refractivity contribution in [1.82, 2.24) is 5.32 Å². The minimum Gasteiger partial charge on any atom is -0.395 e. The van der Waals surface area contributed by atoms with E-state index in [0.29, 0.717) is 11.6 Å². The van der Waals surface area contributed by atoms with Gasteiger partial charge in [-0.1, -0.05) is 11.6 Å². The first-order valence-electron chi connectivity index (χ1n) is 6.29. The normalized spacial score (nSPS) is 17.3. The summed E-state index contributed by atoms with van der Waals surface area (Å²) in [7, 11) is 1.74. The second-order valence-electron chi connectivity index (χ2n) is 4.41. The molecule has 6 heteroatoms. The molecule has 1 atom stereocenters. The highest BCUT2D eigenvalue weighted by molar-refractivity contribution is 6.33. The molecule has 0 fully saturated rings. The van der Waals surface area contributed by atoms with Crippen molar-refractivity contribution >= 4 is 28.9 Å². The number of benzene rings is 1. The van der Waals surface area contributed by atoms with Crippen LogP contribution in [0.25, 0.3) is 0 Å². The number of hydrogen-bond acceptors (Lipinski definition) is 4. The van der Waals surface area contributed by atoms with Crippen LogP contribution in [0.15, 0.2) is 12.1 Å². The number of aliphatic hydroxyl groups is 1. The maximum atomic E-state index is 11.8. The zero-order chi connectivity index (χ0) is 14.0. The van der Waals surface area contributed by atoms with Crippen LogP contribution >= 0.6 is 11.6 Å². The lowest BCUT2D eigenvalue weighted by molar-refractivity contribution is -0.117. The third kappa shape index (κ3) is 2.54. The predicted molar refractivity (Wildman–Crippen MR) is 76.9 cm³/mol. The molecular formula is C13H18ClN3O2. The topological polar surface area (TPSA) is 64.6 Å². The van der Waals surface area contributed by atoms with E-state index >= 15 is 0 Å². The SMILES string of the molecule is CCN(CCO)c1cc2c(cc1Cl)C(NC)C(=O)N2. The largest absolute Gasteiger partial charge is 0.395 e. The lowest BCUT2D eigenvalue weighted by atomic mass is 10.1. The minimum absolute atomic E-state index is 0.0623. The fourth-order valence-electron chi connectivity index (χ4n) is 2.37. The molecule has 1 unspecified atom stereocenters. The van der Waals surface area contributed by atoms with Crippen LogP contribution < -0.4 is 15.5 Å². The molecule has 19 heavy (non-hydrogen) atoms. The van der Waals surface area contributed by atoms with E-state index in [2.05, 4.69) is 10.6 Å². The van der Waals surface area contributed by atoms with E-state index < -0.39 is 0 Å². The summed E-state index contributed by atoms with van der Waals surface area (Å²) in [4.78, 5) is 13.8. The van der Waals surface area contributed by atoms with Crippen molar-refractivity contribution in [1.29, 1.82) is 0 Å². The van der Waals surface area contributed by atoms with Gasteiger partial charge in [-0.25, -0.2) is 0 Å². The van der Waals surface area contributed by atoms with Gasteiger partial charge in [-0.15, -0.1) is 0 Å². The Morgan fingerprint density at radius 3 is 2.84 bits per heavy atom. The van der Waals surface area contributed by atoms with Crippen LogP contribution in [-0.4, -0.2) is 37.8 Å². The second kappa shape index (κ2) is 5.77. The number of amides is 1. The number of rotatable bonds is 5. The molecule has 1 aliphatic rings. The van der Waals surface area contributed by atoms with Gasteiger partial charge in [-0.05, 0) is 26.1 Å². The number of hydrogen-bond donors (Lipinski definition) is 3. The van der Waals surface area contributed by atoms with Gasteiger partial charge in [0.1, 0.15) is 6.04 Å². The van der Waals surface area contributed by atoms with Crippen molar-refractivity contribution < 1.29 is 9.90 Å². The van der Waals surface area contributed by atoms with E-state index in [-0.39, 0.29) is 18.6 Å². The first-order chi connectivity index (χ1) is 9.12. The van der Waals surface area contributed by atoms with Crippen LogP contribution in [0, 0.1) is 0 Å². The third-order valence-corrected chi connectivity index (χ3v) is 3.63. The third-order valence-electron chi connectivity index (χ3n) is 3.33. The van der Waals surface area contributed by atoms with Crippen LogP contribution in [0.5, 0.6) is 0 Å². The number of carbonyl (C=O) groups excluding carboxylic acids is 1. The molecule has 5 nitrogen and oxygen atoms in total. The van der Waals surface area contributed by atoms with Gasteiger partial charge in [0.2, 0.25) is 5.91 Å². The Balaban J connectivity index is 2.40. The Morgan fingerprint density at radius 1 is 1.53 bits per heavy atom. The van der Waals surface area contributed by atoms with Crippen LogP contribution in [0.3, 0.4) is 0 Å². The Bertz CT molecular complexity index is 493. The zero-order valence-corrected chi connectivity index (χ0v) is 11.8. The second-order valence-corrected chi connectivity index (χ2v) is 4.81. The number of carbonyl (C=O) groups is 1. The van der Waals surface area contributed by atoms with Crippen molar-refractivity contribution in [3.05, 3.63) is 22.7 Å². The minimum atomic E-state index is -0.352. The Morgan fingerprint density at radius 2 is 2.26 bits per heavy atom. The Labute approximate surface area is 117 Å². The molecule has 1 heterocycles. The van der Waals surface area contributed by atoms with Gasteiger partial charge >= 0.3 is 0 Å². The maximum absolute atomic E-state index is 11.8. The van der Waals surface area contributed by atoms with Crippen molar-refractivity contribution in [3.8, 4) is 0 Å². The molecule has 1 amide bonds. The van der Waals surface area contributed by atoms with Gasteiger partial charge in [0, 0.05) is 24.3 Å². The molecular weight excluding hydrogens is 266 g/mol. The molecule has 0 aromatic heterocycles. The number of likely N-dealkylation sites (N-methyl/N-ethyl adjacent to an activating group) is 2. The quantitative estimate of drug-likeness (QED) is 0.764. The van der Waals surface area contributed by atoms with Crippen LogP contribution in [0.4, 0.5) is 11.4 Å². The fraction of sp³-hybridized carbons (Fsp3) is 0.462. The van der Waals surface area contributed by atoms with E-state index in [1.165, 1.54) is 0 Å². The standard InChI is InChI=1S/C13H18ClN3O2/c1-3-17(4-5-18)11-7-10-8(6-9(11)14)12(15-2)13(19)16-10/h6-7,12,15,18H,3-5H2,1-2H3,(H,16,19). The van der Waals surface area contributed by atoms with E-state index in [1.54, 1.807) is 7.05 Å². The van der Waals surface area contributed by atoms with Crippen LogP contribution in [0.2, 0.25) is 5.02 Å². The molecule has 1 aliphatic heterocycles. The summed E-state index contributed by atoms with van der Waals surface area (Å²) in [6.45, 7) is 3.31. The molecule has 0 bridgehead atoms. The molecule has 2 rings (SSSR count). The molecule has 104 valence electrons. The smallest absolute Gasteiger partial charge is 0.246 e. The Kier molecular flexibility index (Phi) is 4.29. The van der Waals surface area contributed by atoms with Crippen LogP contribution in [0.1, 0.15) is 18.5 Å². The molecule has 0 saturated carbocycles. The summed E-state index contributed by atoms with van der Waals surface area (Å²) in [5, 5.41) is 15.5. The molecule has 0 spiro atoms. The molecule has 1 aromatic carbocycles. The van der Waals surface area contributed by atoms with Crippen molar-refractivity contribution in [2.45, 2.75) is 13.0 Å². The molecule has 0 aliphatic carbocycles. The van der Waals surface area contributed by atoms with Crippen molar-refractivity contribution in [3.63, 3.8) is 0 Å². The number of anilines is 2. The maximum Gasteiger partial charge on any atom is 0.246 e. The summed E-state index contributed by atoms with van der Waals surface area (Å²) in [6, 6.07) is 3.33. The number of fused-ring (bicyclic) bond motifs is 1. The van der Waals surface area contributed by atoms with Crippen molar-refractivity contribution in [2.24, 2.45) is 0 Å². The van der Waals surface area contributed by atoms with Gasteiger partial charge in [-0.3, -0.25) is 4.79 Å². The van der Waals surface area contributed by atoms with Crippen molar-refractivity contribution in [2.75, 3.05) is 37.0 Å². The highest BCUT2D eigenvalue weighted by atomic mass is 35.5. The van der Waals surface area contributed by atoms with Gasteiger partial charge in [0.15, 0.2) is 0 Å². The first kappa shape index (κ1) is 14.1. The number of aliphatic hydroxyl groups excluding tert-OH is 1. The summed E-state index contributed by atoms with van der Waals surface area (Å²) in [5.74, 6) is -0.0732. The average molecular weight is 284 g/mol. The van der Waals surface area contributed by atoms with Gasteiger partial charge in [0.05, 0.1) is 17.3 Å². The number of nitrogens with one attached hydrogen (secondary N) is 2. The van der Waals surface area contributed by atoms with E-state index in [4.69, 9.17) is 16.7 Å². The van der Waals surface area contributed by atoms with E-state index in [9.17, 15) is 4.79 Å². The molecule has 0 radical (unpaired) electrons. The lowest BCUT2D eigenvalue weighted by Gasteiger charge is -2.24. The molecule has 1 aromatic rings. The summed E-state index contributed by atoms with van der Waals surface area (Å²) >= 11 is 6.30. The first-order valence-corrected chi connectivity index (χ1v) is 6.67. The van der Waals surface area contributed by atoms with E-state index in [1.807, 2.05) is 24.0 Å². The van der Waals surface area contributed by atoms with Crippen LogP contribution in [-0.2, 0) is 4.79 Å². The van der Waals surface area contributed by atoms with Gasteiger partial charge in [0.25, 0.3) is 0 Å². The number of nitrogens with zero attached hydrogens (tertiary/aromatic N) is 1. The average Bonchev–Trinajstić information content (AvgIpc) is 2.70. The summed E-state index contributed by atoms with van der Waals surface area (Å²) in [5.41, 5.74) is 2.47. The highest BCUT2D eigenvalue weighted by Crippen LogP contribution is 2.38. The zero-order valence-electron chi connectivity index (χ0n) is 11.0. The summed E-state index contributed by atoms with van der Waals surface area (Å²) in [6.07, 6.45) is 0. The summed E-state index contributed by atoms with van der Waals surface area (Å²) < 4.78 is 0. The fourth-order valence-corrected chi connectivity index (χ4v) is 2.66. The highest BCUT2D eigenvalue weighted by Gasteiger charge is 2.30. The predicted octanol–water partition coefficient (Wildman–Crippen LogP) is 1.37. The number of halogens is 1. The molecule has 0 saturated heterocycles. The molecule has 3 N–H and O–H groups in total.